The van der Waals surface area contributed by atoms with Gasteiger partial charge in [-0.15, -0.1) is 0 Å². The molecule has 22 heavy (non-hydrogen) atoms. The number of benzene rings is 1. The predicted octanol–water partition coefficient (Wildman–Crippen LogP) is 0.949. The highest BCUT2D eigenvalue weighted by Gasteiger charge is 2.10. The van der Waals surface area contributed by atoms with Crippen molar-refractivity contribution in [3.05, 3.63) is 47.8 Å². The van der Waals surface area contributed by atoms with E-state index in [4.69, 9.17) is 9.84 Å². The second-order valence-corrected chi connectivity index (χ2v) is 4.65. The smallest absolute Gasteiger partial charge is 0.325 e. The summed E-state index contributed by atoms with van der Waals surface area (Å²) in [6.07, 6.45) is 2.15. The van der Waals surface area contributed by atoms with Crippen molar-refractivity contribution < 1.29 is 19.4 Å². The van der Waals surface area contributed by atoms with Gasteiger partial charge in [-0.3, -0.25) is 14.3 Å². The van der Waals surface area contributed by atoms with Crippen LogP contribution in [0.3, 0.4) is 0 Å². The van der Waals surface area contributed by atoms with E-state index in [1.54, 1.807) is 7.11 Å². The summed E-state index contributed by atoms with van der Waals surface area (Å²) in [6, 6.07) is 9.10. The first-order chi connectivity index (χ1) is 10.6. The number of rotatable bonds is 7. The molecule has 1 heterocycles. The van der Waals surface area contributed by atoms with Gasteiger partial charge in [-0.2, -0.15) is 5.10 Å². The number of hydrogen-bond donors (Lipinski definition) is 2. The quantitative estimate of drug-likeness (QED) is 0.794. The van der Waals surface area contributed by atoms with Gasteiger partial charge in [-0.1, -0.05) is 12.1 Å². The fourth-order valence-electron chi connectivity index (χ4n) is 1.91. The fourth-order valence-corrected chi connectivity index (χ4v) is 1.91. The molecule has 0 aliphatic heterocycles. The third-order valence-corrected chi connectivity index (χ3v) is 3.03. The number of carboxylic acids is 1. The second kappa shape index (κ2) is 7.26. The van der Waals surface area contributed by atoms with Crippen LogP contribution in [-0.4, -0.2) is 40.4 Å². The molecule has 0 bridgehead atoms. The fraction of sp³-hybridized carbons (Fsp3) is 0.267. The average molecular weight is 303 g/mol. The number of nitrogens with zero attached hydrogens (tertiary/aromatic N) is 2. The maximum Gasteiger partial charge on any atom is 0.325 e. The molecular formula is C15H17N3O4. The van der Waals surface area contributed by atoms with Crippen LogP contribution in [-0.2, 0) is 17.8 Å². The molecule has 0 atom stereocenters. The molecule has 1 aromatic heterocycles. The molecule has 0 saturated carbocycles. The predicted molar refractivity (Wildman–Crippen MR) is 78.9 cm³/mol. The van der Waals surface area contributed by atoms with Gasteiger partial charge in [0.2, 0.25) is 0 Å². The third-order valence-electron chi connectivity index (χ3n) is 3.03. The van der Waals surface area contributed by atoms with Crippen molar-refractivity contribution >= 4 is 11.9 Å². The monoisotopic (exact) mass is 303 g/mol. The van der Waals surface area contributed by atoms with E-state index >= 15 is 0 Å². The van der Waals surface area contributed by atoms with Crippen molar-refractivity contribution in [2.75, 3.05) is 13.7 Å². The molecule has 1 amide bonds. The van der Waals surface area contributed by atoms with Crippen LogP contribution in [0.15, 0.2) is 36.5 Å². The third kappa shape index (κ3) is 4.34. The highest BCUT2D eigenvalue weighted by atomic mass is 16.5. The van der Waals surface area contributed by atoms with Gasteiger partial charge in [0.1, 0.15) is 18.0 Å². The largest absolute Gasteiger partial charge is 0.497 e. The van der Waals surface area contributed by atoms with Crippen LogP contribution in [0, 0.1) is 0 Å². The standard InChI is InChI=1S/C15H17N3O4/c1-22-12-4-2-11(3-5-12)6-8-16-15(21)13-7-9-18(17-13)10-14(19)20/h2-5,7,9H,6,8,10H2,1H3,(H,16,21)(H,19,20). The minimum absolute atomic E-state index is 0.205. The number of nitrogens with one attached hydrogen (secondary N) is 1. The molecule has 0 unspecified atom stereocenters. The number of carbonyl (C=O) groups excluding carboxylic acids is 1. The zero-order valence-electron chi connectivity index (χ0n) is 12.2. The number of carbonyl (C=O) groups is 2. The Labute approximate surface area is 127 Å². The van der Waals surface area contributed by atoms with Gasteiger partial charge < -0.3 is 15.2 Å². The molecule has 7 heteroatoms. The first-order valence-electron chi connectivity index (χ1n) is 6.75. The van der Waals surface area contributed by atoms with Gasteiger partial charge in [-0.05, 0) is 30.2 Å². The number of aliphatic carboxylic acids is 1. The summed E-state index contributed by atoms with van der Waals surface area (Å²) in [4.78, 5) is 22.4. The lowest BCUT2D eigenvalue weighted by Gasteiger charge is -2.05. The SMILES string of the molecule is COc1ccc(CCNC(=O)c2ccn(CC(=O)O)n2)cc1. The van der Waals surface area contributed by atoms with Gasteiger partial charge in [0.15, 0.2) is 0 Å². The molecular weight excluding hydrogens is 286 g/mol. The Morgan fingerprint density at radius 1 is 1.27 bits per heavy atom. The Hall–Kier alpha value is -2.83. The normalized spacial score (nSPS) is 10.2. The number of hydrogen-bond acceptors (Lipinski definition) is 4. The van der Waals surface area contributed by atoms with E-state index < -0.39 is 5.97 Å². The van der Waals surface area contributed by atoms with Crippen molar-refractivity contribution in [2.45, 2.75) is 13.0 Å². The summed E-state index contributed by atoms with van der Waals surface area (Å²) in [5.41, 5.74) is 1.29. The summed E-state index contributed by atoms with van der Waals surface area (Å²) in [5, 5.41) is 15.3. The Balaban J connectivity index is 1.81. The van der Waals surface area contributed by atoms with Gasteiger partial charge in [0.25, 0.3) is 5.91 Å². The lowest BCUT2D eigenvalue weighted by atomic mass is 10.1. The molecule has 116 valence electrons. The van der Waals surface area contributed by atoms with Crippen LogP contribution < -0.4 is 10.1 Å². The van der Waals surface area contributed by atoms with Crippen molar-refractivity contribution in [1.82, 2.24) is 15.1 Å². The van der Waals surface area contributed by atoms with E-state index in [1.165, 1.54) is 16.9 Å². The lowest BCUT2D eigenvalue weighted by Crippen LogP contribution is -2.26. The van der Waals surface area contributed by atoms with Crippen LogP contribution >= 0.6 is 0 Å². The van der Waals surface area contributed by atoms with Gasteiger partial charge in [0.05, 0.1) is 7.11 Å². The molecule has 2 N–H and O–H groups in total. The number of ether oxygens (including phenoxy) is 1. The minimum atomic E-state index is -1.01. The molecule has 2 rings (SSSR count). The summed E-state index contributed by atoms with van der Waals surface area (Å²) >= 11 is 0. The average Bonchev–Trinajstić information content (AvgIpc) is 2.95. The molecule has 0 radical (unpaired) electrons. The van der Waals surface area contributed by atoms with Crippen LogP contribution in [0.4, 0.5) is 0 Å². The molecule has 1 aromatic carbocycles. The number of carboxylic acid groups (broad SMARTS) is 1. The highest BCUT2D eigenvalue weighted by Crippen LogP contribution is 2.11. The summed E-state index contributed by atoms with van der Waals surface area (Å²) in [5.74, 6) is -0.538. The minimum Gasteiger partial charge on any atom is -0.497 e. The topological polar surface area (TPSA) is 93.5 Å². The van der Waals surface area contributed by atoms with E-state index in [0.29, 0.717) is 13.0 Å². The van der Waals surface area contributed by atoms with E-state index in [1.807, 2.05) is 24.3 Å². The van der Waals surface area contributed by atoms with Crippen molar-refractivity contribution in [1.29, 1.82) is 0 Å². The van der Waals surface area contributed by atoms with Gasteiger partial charge >= 0.3 is 5.97 Å². The Bertz CT molecular complexity index is 649. The van der Waals surface area contributed by atoms with E-state index in [-0.39, 0.29) is 18.1 Å². The van der Waals surface area contributed by atoms with Crippen LogP contribution in [0.5, 0.6) is 5.75 Å². The summed E-state index contributed by atoms with van der Waals surface area (Å²) < 4.78 is 6.29. The van der Waals surface area contributed by atoms with E-state index in [2.05, 4.69) is 10.4 Å². The van der Waals surface area contributed by atoms with Gasteiger partial charge in [0, 0.05) is 12.7 Å². The van der Waals surface area contributed by atoms with Crippen molar-refractivity contribution in [3.63, 3.8) is 0 Å². The van der Waals surface area contributed by atoms with Crippen molar-refractivity contribution in [2.24, 2.45) is 0 Å². The van der Waals surface area contributed by atoms with Crippen molar-refractivity contribution in [3.8, 4) is 5.75 Å². The first kappa shape index (κ1) is 15.6. The van der Waals surface area contributed by atoms with Crippen LogP contribution in [0.1, 0.15) is 16.1 Å². The molecule has 2 aromatic rings. The van der Waals surface area contributed by atoms with E-state index in [0.717, 1.165) is 11.3 Å². The summed E-state index contributed by atoms with van der Waals surface area (Å²) in [6.45, 7) is 0.204. The van der Waals surface area contributed by atoms with Gasteiger partial charge in [-0.25, -0.2) is 0 Å². The number of amides is 1. The molecule has 0 aliphatic rings. The Morgan fingerprint density at radius 2 is 2.00 bits per heavy atom. The van der Waals surface area contributed by atoms with E-state index in [9.17, 15) is 9.59 Å². The maximum absolute atomic E-state index is 11.9. The first-order valence-corrected chi connectivity index (χ1v) is 6.75. The zero-order chi connectivity index (χ0) is 15.9. The molecule has 7 nitrogen and oxygen atoms in total. The molecule has 0 saturated heterocycles. The molecule has 0 aliphatic carbocycles. The zero-order valence-corrected chi connectivity index (χ0v) is 12.2. The Kier molecular flexibility index (Phi) is 5.13. The number of aromatic nitrogens is 2. The van der Waals surface area contributed by atoms with Crippen LogP contribution in [0.2, 0.25) is 0 Å². The Morgan fingerprint density at radius 3 is 2.64 bits per heavy atom. The van der Waals surface area contributed by atoms with Crippen LogP contribution in [0.25, 0.3) is 0 Å². The molecule has 0 fully saturated rings. The highest BCUT2D eigenvalue weighted by molar-refractivity contribution is 5.92. The maximum atomic E-state index is 11.9. The number of methoxy groups -OCH3 is 1. The lowest BCUT2D eigenvalue weighted by molar-refractivity contribution is -0.137. The molecule has 0 spiro atoms. The summed E-state index contributed by atoms with van der Waals surface area (Å²) in [7, 11) is 1.61. The second-order valence-electron chi connectivity index (χ2n) is 4.65.